The average molecular weight is 681 g/mol. The van der Waals surface area contributed by atoms with Crippen molar-refractivity contribution in [1.29, 1.82) is 0 Å². The number of rotatable bonds is 9. The number of imidazole rings is 1. The molecule has 3 atom stereocenters. The molecule has 11 nitrogen and oxygen atoms in total. The van der Waals surface area contributed by atoms with Gasteiger partial charge in [-0.05, 0) is 38.0 Å². The number of ether oxygens (including phenoxy) is 1. The predicted octanol–water partition coefficient (Wildman–Crippen LogP) is 3.96. The number of nitrogens with zero attached hydrogens (tertiary/aromatic N) is 6. The van der Waals surface area contributed by atoms with Crippen LogP contribution in [0.25, 0.3) is 5.65 Å². The molecule has 0 bridgehead atoms. The fourth-order valence-electron chi connectivity index (χ4n) is 7.11. The SMILES string of the molecule is CN=C(C(=O)N[C@H](c1cn2nc(C[C@@H]3C[C@H](C(F)(F)F)CNC3=O)c(N3CCOCC3)cc2n1)C1CCC(F)(F)CC1)C(=NC)C1CC1. The molecular formula is C32H41F5N8O3. The maximum Gasteiger partial charge on any atom is 0.393 e. The van der Waals surface area contributed by atoms with E-state index in [1.165, 1.54) is 11.6 Å². The van der Waals surface area contributed by atoms with Crippen LogP contribution in [-0.2, 0) is 20.7 Å². The summed E-state index contributed by atoms with van der Waals surface area (Å²) in [5, 5.41) is 10.2. The van der Waals surface area contributed by atoms with Crippen molar-refractivity contribution in [1.82, 2.24) is 25.2 Å². The molecule has 2 aliphatic heterocycles. The van der Waals surface area contributed by atoms with Crippen molar-refractivity contribution in [3.05, 3.63) is 23.7 Å². The minimum atomic E-state index is -4.44. The van der Waals surface area contributed by atoms with Gasteiger partial charge in [0.2, 0.25) is 11.8 Å². The number of piperidine rings is 1. The molecule has 2 saturated heterocycles. The molecule has 2 aliphatic carbocycles. The van der Waals surface area contributed by atoms with Crippen LogP contribution < -0.4 is 15.5 Å². The number of anilines is 1. The fourth-order valence-corrected chi connectivity index (χ4v) is 7.11. The topological polar surface area (TPSA) is 126 Å². The second-order valence-corrected chi connectivity index (χ2v) is 13.3. The normalized spacial score (nSPS) is 25.2. The van der Waals surface area contributed by atoms with Gasteiger partial charge in [0.25, 0.3) is 5.91 Å². The zero-order valence-electron chi connectivity index (χ0n) is 27.0. The van der Waals surface area contributed by atoms with E-state index in [-0.39, 0.29) is 56.1 Å². The highest BCUT2D eigenvalue weighted by atomic mass is 19.4. The molecule has 48 heavy (non-hydrogen) atoms. The smallest absolute Gasteiger partial charge is 0.378 e. The molecule has 2 N–H and O–H groups in total. The van der Waals surface area contributed by atoms with Crippen LogP contribution in [0.5, 0.6) is 0 Å². The second-order valence-electron chi connectivity index (χ2n) is 13.3. The molecule has 2 aromatic heterocycles. The monoisotopic (exact) mass is 680 g/mol. The van der Waals surface area contributed by atoms with Crippen LogP contribution in [0.4, 0.5) is 27.6 Å². The van der Waals surface area contributed by atoms with Crippen LogP contribution in [0.3, 0.4) is 0 Å². The third kappa shape index (κ3) is 7.47. The van der Waals surface area contributed by atoms with Gasteiger partial charge in [0.15, 0.2) is 5.65 Å². The van der Waals surface area contributed by atoms with Gasteiger partial charge < -0.3 is 20.3 Å². The van der Waals surface area contributed by atoms with Crippen LogP contribution in [0, 0.1) is 23.7 Å². The van der Waals surface area contributed by atoms with Crippen molar-refractivity contribution < 1.29 is 36.3 Å². The highest BCUT2D eigenvalue weighted by molar-refractivity contribution is 6.67. The minimum absolute atomic E-state index is 0.0248. The van der Waals surface area contributed by atoms with Crippen molar-refractivity contribution in [2.45, 2.75) is 69.5 Å². The Balaban J connectivity index is 1.35. The number of halogens is 5. The van der Waals surface area contributed by atoms with E-state index in [0.717, 1.165) is 12.8 Å². The number of aromatic nitrogens is 3. The molecule has 4 fully saturated rings. The zero-order chi connectivity index (χ0) is 34.2. The largest absolute Gasteiger partial charge is 0.393 e. The first-order chi connectivity index (χ1) is 22.9. The summed E-state index contributed by atoms with van der Waals surface area (Å²) in [5.74, 6) is -6.49. The Bertz CT molecular complexity index is 1570. The lowest BCUT2D eigenvalue weighted by Crippen LogP contribution is -2.47. The number of amides is 2. The Hall–Kier alpha value is -3.69. The molecule has 4 heterocycles. The maximum absolute atomic E-state index is 14.2. The third-order valence-electron chi connectivity index (χ3n) is 9.96. The fraction of sp³-hybridized carbons (Fsp3) is 0.688. The molecule has 0 aromatic carbocycles. The third-order valence-corrected chi connectivity index (χ3v) is 9.96. The Morgan fingerprint density at radius 2 is 1.85 bits per heavy atom. The summed E-state index contributed by atoms with van der Waals surface area (Å²) in [6.07, 6.45) is -1.68. The quantitative estimate of drug-likeness (QED) is 0.305. The molecule has 0 spiro atoms. The van der Waals surface area contributed by atoms with Crippen LogP contribution in [0.15, 0.2) is 22.2 Å². The Morgan fingerprint density at radius 1 is 1.15 bits per heavy atom. The first kappa shape index (κ1) is 34.2. The van der Waals surface area contributed by atoms with Gasteiger partial charge in [-0.15, -0.1) is 0 Å². The van der Waals surface area contributed by atoms with E-state index < -0.39 is 48.3 Å². The highest BCUT2D eigenvalue weighted by Crippen LogP contribution is 2.42. The predicted molar refractivity (Wildman–Crippen MR) is 168 cm³/mol. The van der Waals surface area contributed by atoms with Crippen molar-refractivity contribution >= 4 is 34.6 Å². The van der Waals surface area contributed by atoms with E-state index in [1.54, 1.807) is 19.3 Å². The van der Waals surface area contributed by atoms with Crippen molar-refractivity contribution in [2.75, 3.05) is 51.8 Å². The summed E-state index contributed by atoms with van der Waals surface area (Å²) in [5.41, 5.74) is 2.71. The van der Waals surface area contributed by atoms with E-state index in [1.807, 2.05) is 4.90 Å². The molecule has 0 radical (unpaired) electrons. The molecule has 6 rings (SSSR count). The van der Waals surface area contributed by atoms with E-state index in [9.17, 15) is 31.5 Å². The first-order valence-electron chi connectivity index (χ1n) is 16.6. The van der Waals surface area contributed by atoms with Crippen LogP contribution in [-0.4, -0.2) is 96.9 Å². The van der Waals surface area contributed by atoms with E-state index >= 15 is 0 Å². The molecule has 262 valence electrons. The lowest BCUT2D eigenvalue weighted by molar-refractivity contribution is -0.183. The van der Waals surface area contributed by atoms with Crippen molar-refractivity contribution in [3.63, 3.8) is 0 Å². The van der Waals surface area contributed by atoms with Gasteiger partial charge in [-0.3, -0.25) is 19.6 Å². The van der Waals surface area contributed by atoms with Gasteiger partial charge in [0.1, 0.15) is 5.71 Å². The van der Waals surface area contributed by atoms with Gasteiger partial charge in [-0.25, -0.2) is 18.3 Å². The molecule has 2 aromatic rings. The molecule has 2 saturated carbocycles. The number of carbonyl (C=O) groups excluding carboxylic acids is 2. The Labute approximate surface area is 274 Å². The molecular weight excluding hydrogens is 639 g/mol. The highest BCUT2D eigenvalue weighted by Gasteiger charge is 2.45. The molecule has 2 amide bonds. The number of aliphatic imine (C=N–C) groups is 2. The van der Waals surface area contributed by atoms with Gasteiger partial charge in [-0.1, -0.05) is 0 Å². The number of hydrogen-bond donors (Lipinski definition) is 2. The van der Waals surface area contributed by atoms with Gasteiger partial charge in [-0.2, -0.15) is 18.3 Å². The first-order valence-corrected chi connectivity index (χ1v) is 16.6. The number of alkyl halides is 5. The molecule has 4 aliphatic rings. The van der Waals surface area contributed by atoms with Gasteiger partial charge in [0, 0.05) is 70.9 Å². The van der Waals surface area contributed by atoms with Crippen molar-refractivity contribution in [2.24, 2.45) is 33.7 Å². The summed E-state index contributed by atoms with van der Waals surface area (Å²) in [6, 6.07) is 1.04. The lowest BCUT2D eigenvalue weighted by Gasteiger charge is -2.33. The summed E-state index contributed by atoms with van der Waals surface area (Å²) in [4.78, 5) is 41.8. The summed E-state index contributed by atoms with van der Waals surface area (Å²) in [6.45, 7) is 1.45. The zero-order valence-corrected chi connectivity index (χ0v) is 27.0. The number of nitrogens with one attached hydrogen (secondary N) is 2. The van der Waals surface area contributed by atoms with Crippen LogP contribution in [0.1, 0.15) is 62.4 Å². The lowest BCUT2D eigenvalue weighted by atomic mass is 9.81. The Morgan fingerprint density at radius 3 is 2.48 bits per heavy atom. The second kappa shape index (κ2) is 13.7. The van der Waals surface area contributed by atoms with E-state index in [2.05, 4.69) is 20.6 Å². The minimum Gasteiger partial charge on any atom is -0.378 e. The van der Waals surface area contributed by atoms with Gasteiger partial charge >= 0.3 is 6.18 Å². The Kier molecular flexibility index (Phi) is 9.73. The van der Waals surface area contributed by atoms with Gasteiger partial charge in [0.05, 0.1) is 54.2 Å². The summed E-state index contributed by atoms with van der Waals surface area (Å²) in [7, 11) is 3.14. The standard InChI is InChI=1S/C32H41F5N8O3/c1-38-27(18-3-4-18)28(39-2)30(47)42-26(19-5-7-31(33,34)8-6-19)23-17-45-25(41-23)15-24(44-9-11-48-12-10-44)22(43-45)14-20-13-21(32(35,36)37)16-40-29(20)46/h15,17-21,26H,3-14,16H2,1-2H3,(H,40,46)(H,42,47)/t20-,21-,26-/m0/s1. The average Bonchev–Trinajstić information content (AvgIpc) is 3.81. The number of fused-ring (bicyclic) bond motifs is 1. The summed E-state index contributed by atoms with van der Waals surface area (Å²) >= 11 is 0. The number of carbonyl (C=O) groups is 2. The van der Waals surface area contributed by atoms with Crippen molar-refractivity contribution in [3.8, 4) is 0 Å². The van der Waals surface area contributed by atoms with E-state index in [4.69, 9.17) is 14.8 Å². The van der Waals surface area contributed by atoms with Crippen LogP contribution in [0.2, 0.25) is 0 Å². The number of morpholine rings is 1. The molecule has 16 heteroatoms. The maximum atomic E-state index is 14.2. The van der Waals surface area contributed by atoms with E-state index in [0.29, 0.717) is 54.7 Å². The number of hydrogen-bond acceptors (Lipinski definition) is 8. The molecule has 0 unspecified atom stereocenters. The summed E-state index contributed by atoms with van der Waals surface area (Å²) < 4.78 is 76.3. The van der Waals surface area contributed by atoms with Crippen LogP contribution >= 0.6 is 0 Å².